The van der Waals surface area contributed by atoms with E-state index < -0.39 is 22.9 Å². The molecule has 1 amide bonds. The van der Waals surface area contributed by atoms with E-state index in [1.807, 2.05) is 6.07 Å². The Morgan fingerprint density at radius 3 is 2.38 bits per heavy atom. The SMILES string of the molecule is CCCCCCCCCC(=O)[O-].C[N+]1(C)CC[C@]23CC(=O)CC[C@@]2(O)[C@H]1Cc1ccc(C(N)=O)c(O)c13. The molecule has 0 aromatic heterocycles. The number of benzene rings is 1. The number of quaternary nitrogens is 1. The molecule has 4 rings (SSSR count). The molecule has 37 heavy (non-hydrogen) atoms. The number of rotatable bonds is 9. The molecule has 8 heteroatoms. The molecule has 1 saturated carbocycles. The van der Waals surface area contributed by atoms with E-state index in [1.54, 1.807) is 6.07 Å². The standard InChI is InChI=1S/C19H24N2O4.C10H20O2/c1-21(2)8-7-18-10-12(22)5-6-19(18,25)14(21)9-11-3-4-13(17(20)24)16(23)15(11)18;1-2-3-4-5-6-7-8-9-10(11)12/h3-4,14,25H,5-10H2,1-2H3,(H2-,20,23,24);2-9H2,1H3,(H,11,12)/t14-,18-,19-;/m1./s1. The minimum atomic E-state index is -1.07. The number of likely N-dealkylation sites (N-methyl/N-ethyl adjacent to an activating group) is 1. The number of aliphatic hydroxyl groups is 1. The summed E-state index contributed by atoms with van der Waals surface area (Å²) in [5, 5.41) is 32.7. The third-order valence-electron chi connectivity index (χ3n) is 9.03. The number of Topliss-reactive ketones (excluding diaryl/α,β-unsaturated/α-hetero) is 1. The van der Waals surface area contributed by atoms with Crippen LogP contribution < -0.4 is 10.8 Å². The van der Waals surface area contributed by atoms with E-state index in [2.05, 4.69) is 21.0 Å². The van der Waals surface area contributed by atoms with Gasteiger partial charge in [0.2, 0.25) is 0 Å². The predicted molar refractivity (Wildman–Crippen MR) is 139 cm³/mol. The van der Waals surface area contributed by atoms with E-state index in [0.717, 1.165) is 24.9 Å². The number of aromatic hydroxyl groups is 1. The Balaban J connectivity index is 0.000000270. The lowest BCUT2D eigenvalue weighted by atomic mass is 9.48. The highest BCUT2D eigenvalue weighted by Gasteiger charge is 2.69. The van der Waals surface area contributed by atoms with Crippen molar-refractivity contribution in [1.82, 2.24) is 0 Å². The summed E-state index contributed by atoms with van der Waals surface area (Å²) in [7, 11) is 4.23. The number of carbonyl (C=O) groups is 3. The second kappa shape index (κ2) is 11.5. The van der Waals surface area contributed by atoms with Crippen molar-refractivity contribution in [1.29, 1.82) is 0 Å². The Labute approximate surface area is 220 Å². The lowest BCUT2D eigenvalue weighted by Crippen LogP contribution is -2.77. The van der Waals surface area contributed by atoms with Crippen molar-refractivity contribution in [3.8, 4) is 5.75 Å². The van der Waals surface area contributed by atoms with Gasteiger partial charge in [0.05, 0.1) is 26.2 Å². The fraction of sp³-hybridized carbons (Fsp3) is 0.690. The Morgan fingerprint density at radius 2 is 1.76 bits per heavy atom. The number of primary amides is 1. The van der Waals surface area contributed by atoms with Crippen LogP contribution in [0.5, 0.6) is 5.75 Å². The molecule has 8 nitrogen and oxygen atoms in total. The number of hydrogen-bond donors (Lipinski definition) is 3. The molecule has 1 heterocycles. The molecule has 1 aromatic rings. The van der Waals surface area contributed by atoms with Crippen molar-refractivity contribution in [2.24, 2.45) is 5.73 Å². The Bertz CT molecular complexity index is 1020. The fourth-order valence-electron chi connectivity index (χ4n) is 6.97. The van der Waals surface area contributed by atoms with Gasteiger partial charge in [-0.15, -0.1) is 0 Å². The maximum absolute atomic E-state index is 12.4. The van der Waals surface area contributed by atoms with Gasteiger partial charge >= 0.3 is 0 Å². The first-order valence-electron chi connectivity index (χ1n) is 13.8. The molecular formula is C29H44N2O6. The number of fused-ring (bicyclic) bond motifs is 1. The van der Waals surface area contributed by atoms with Gasteiger partial charge in [-0.2, -0.15) is 0 Å². The smallest absolute Gasteiger partial charge is 0.252 e. The number of ketones is 1. The normalized spacial score (nSPS) is 27.4. The van der Waals surface area contributed by atoms with Gasteiger partial charge in [-0.25, -0.2) is 0 Å². The van der Waals surface area contributed by atoms with E-state index >= 15 is 0 Å². The number of unbranched alkanes of at least 4 members (excludes halogenated alkanes) is 6. The van der Waals surface area contributed by atoms with Gasteiger partial charge in [0.1, 0.15) is 23.2 Å². The van der Waals surface area contributed by atoms with Crippen LogP contribution in [0, 0.1) is 0 Å². The average molecular weight is 517 g/mol. The molecule has 0 radical (unpaired) electrons. The zero-order valence-corrected chi connectivity index (χ0v) is 22.7. The number of phenols is 1. The lowest BCUT2D eigenvalue weighted by Gasteiger charge is -2.64. The third-order valence-corrected chi connectivity index (χ3v) is 9.03. The van der Waals surface area contributed by atoms with Gasteiger partial charge in [0, 0.05) is 42.6 Å². The molecule has 206 valence electrons. The van der Waals surface area contributed by atoms with E-state index in [1.165, 1.54) is 32.1 Å². The molecule has 4 N–H and O–H groups in total. The molecule has 1 aliphatic heterocycles. The summed E-state index contributed by atoms with van der Waals surface area (Å²) in [6.07, 6.45) is 10.5. The monoisotopic (exact) mass is 516 g/mol. The summed E-state index contributed by atoms with van der Waals surface area (Å²) < 4.78 is 0.685. The van der Waals surface area contributed by atoms with Gasteiger partial charge in [0.25, 0.3) is 5.91 Å². The van der Waals surface area contributed by atoms with Crippen LogP contribution in [-0.4, -0.2) is 64.6 Å². The largest absolute Gasteiger partial charge is 0.550 e. The second-order valence-electron chi connectivity index (χ2n) is 11.8. The van der Waals surface area contributed by atoms with E-state index in [4.69, 9.17) is 5.73 Å². The molecule has 0 unspecified atom stereocenters. The first-order chi connectivity index (χ1) is 17.4. The molecule has 1 saturated heterocycles. The van der Waals surface area contributed by atoms with Crippen LogP contribution in [0.4, 0.5) is 0 Å². The number of likely N-dealkylation sites (tertiary alicyclic amines) is 1. The van der Waals surface area contributed by atoms with Crippen LogP contribution in [-0.2, 0) is 21.4 Å². The molecule has 2 fully saturated rings. The lowest BCUT2D eigenvalue weighted by molar-refractivity contribution is -0.931. The number of aliphatic carboxylic acids is 1. The number of carbonyl (C=O) groups excluding carboxylic acids is 3. The summed E-state index contributed by atoms with van der Waals surface area (Å²) in [4.78, 5) is 34.1. The van der Waals surface area contributed by atoms with Crippen LogP contribution in [0.25, 0.3) is 0 Å². The van der Waals surface area contributed by atoms with E-state index in [0.29, 0.717) is 35.7 Å². The van der Waals surface area contributed by atoms with E-state index in [-0.39, 0.29) is 36.0 Å². The zero-order valence-electron chi connectivity index (χ0n) is 22.7. The number of piperidine rings is 1. The number of carboxylic acids is 1. The van der Waals surface area contributed by atoms with Gasteiger partial charge in [-0.1, -0.05) is 51.5 Å². The first-order valence-corrected chi connectivity index (χ1v) is 13.8. The van der Waals surface area contributed by atoms with Crippen molar-refractivity contribution >= 4 is 17.7 Å². The van der Waals surface area contributed by atoms with Gasteiger partial charge in [0.15, 0.2) is 0 Å². The highest BCUT2D eigenvalue weighted by atomic mass is 16.4. The van der Waals surface area contributed by atoms with Crippen molar-refractivity contribution < 1.29 is 34.2 Å². The summed E-state index contributed by atoms with van der Waals surface area (Å²) in [5.74, 6) is -1.66. The first kappa shape index (κ1) is 29.1. The molecule has 3 aliphatic rings. The Hall–Kier alpha value is -2.45. The van der Waals surface area contributed by atoms with Crippen molar-refractivity contribution in [3.63, 3.8) is 0 Å². The molecule has 3 atom stereocenters. The summed E-state index contributed by atoms with van der Waals surface area (Å²) in [6.45, 7) is 3.00. The van der Waals surface area contributed by atoms with Gasteiger partial charge in [-0.05, 0) is 30.9 Å². The van der Waals surface area contributed by atoms with Crippen molar-refractivity contribution in [3.05, 3.63) is 28.8 Å². The molecule has 1 aromatic carbocycles. The van der Waals surface area contributed by atoms with Crippen LogP contribution in [0.1, 0.15) is 105 Å². The van der Waals surface area contributed by atoms with Crippen LogP contribution in [0.15, 0.2) is 12.1 Å². The van der Waals surface area contributed by atoms with Gasteiger partial charge < -0.3 is 30.3 Å². The van der Waals surface area contributed by atoms with Crippen LogP contribution in [0.3, 0.4) is 0 Å². The highest BCUT2D eigenvalue weighted by molar-refractivity contribution is 5.96. The molecule has 2 bridgehead atoms. The number of hydrogen-bond acceptors (Lipinski definition) is 6. The van der Waals surface area contributed by atoms with Crippen LogP contribution in [0.2, 0.25) is 0 Å². The van der Waals surface area contributed by atoms with Crippen LogP contribution >= 0.6 is 0 Å². The number of amides is 1. The van der Waals surface area contributed by atoms with Crippen molar-refractivity contribution in [2.75, 3.05) is 20.6 Å². The zero-order chi connectivity index (χ0) is 27.4. The quantitative estimate of drug-likeness (QED) is 0.340. The molecule has 2 aliphatic carbocycles. The average Bonchev–Trinajstić information content (AvgIpc) is 2.82. The highest BCUT2D eigenvalue weighted by Crippen LogP contribution is 2.60. The summed E-state index contributed by atoms with van der Waals surface area (Å²) in [5.41, 5.74) is 5.07. The summed E-state index contributed by atoms with van der Waals surface area (Å²) >= 11 is 0. The maximum Gasteiger partial charge on any atom is 0.252 e. The Kier molecular flexibility index (Phi) is 9.06. The predicted octanol–water partition coefficient (Wildman–Crippen LogP) is 2.49. The van der Waals surface area contributed by atoms with E-state index in [9.17, 15) is 29.7 Å². The topological polar surface area (TPSA) is 141 Å². The second-order valence-corrected chi connectivity index (χ2v) is 11.8. The molecular weight excluding hydrogens is 472 g/mol. The minimum Gasteiger partial charge on any atom is -0.550 e. The Morgan fingerprint density at radius 1 is 1.11 bits per heavy atom. The minimum absolute atomic E-state index is 0.0410. The van der Waals surface area contributed by atoms with Gasteiger partial charge in [-0.3, -0.25) is 9.59 Å². The number of carboxylic acid groups (broad SMARTS) is 1. The number of nitrogens with two attached hydrogens (primary N) is 1. The maximum atomic E-state index is 12.4. The fourth-order valence-corrected chi connectivity index (χ4v) is 6.97. The van der Waals surface area contributed by atoms with Crippen molar-refractivity contribution in [2.45, 2.75) is 107 Å². The third kappa shape index (κ3) is 5.70. The summed E-state index contributed by atoms with van der Waals surface area (Å²) in [6, 6.07) is 3.34. The molecule has 0 spiro atoms. The number of nitrogens with zero attached hydrogens (tertiary/aromatic N) is 1.